The van der Waals surface area contributed by atoms with Crippen molar-refractivity contribution in [1.29, 1.82) is 0 Å². The Labute approximate surface area is 112 Å². The first-order valence-corrected chi connectivity index (χ1v) is 7.53. The average Bonchev–Trinajstić information content (AvgIpc) is 3.12. The molecule has 1 amide bonds. The quantitative estimate of drug-likeness (QED) is 0.867. The van der Waals surface area contributed by atoms with Crippen LogP contribution in [0.2, 0.25) is 0 Å². The summed E-state index contributed by atoms with van der Waals surface area (Å²) in [6.45, 7) is 0. The molecule has 0 radical (unpaired) electrons. The van der Waals surface area contributed by atoms with Gasteiger partial charge in [-0.05, 0) is 30.4 Å². The van der Waals surface area contributed by atoms with E-state index in [0.29, 0.717) is 17.0 Å². The van der Waals surface area contributed by atoms with Gasteiger partial charge in [0.25, 0.3) is 0 Å². The number of carbonyl (C=O) groups is 1. The Balaban J connectivity index is 1.54. The maximum atomic E-state index is 11.7. The standard InChI is InChI=1S/C14H18N2OS/c15-14-11-4-2-1-3-9(11)7-12(14)18-8-13(17)16-10-5-6-10/h1-4,10,12,14H,5-8,15H2,(H,16,17). The molecule has 0 bridgehead atoms. The molecule has 1 fully saturated rings. The molecular formula is C14H18N2OS. The molecule has 0 heterocycles. The topological polar surface area (TPSA) is 55.1 Å². The van der Waals surface area contributed by atoms with Gasteiger partial charge in [0.2, 0.25) is 5.91 Å². The van der Waals surface area contributed by atoms with Crippen LogP contribution in [-0.4, -0.2) is 23.0 Å². The van der Waals surface area contributed by atoms with Gasteiger partial charge in [-0.1, -0.05) is 24.3 Å². The molecular weight excluding hydrogens is 244 g/mol. The summed E-state index contributed by atoms with van der Waals surface area (Å²) in [4.78, 5) is 11.7. The molecule has 3 N–H and O–H groups in total. The van der Waals surface area contributed by atoms with Gasteiger partial charge in [-0.25, -0.2) is 0 Å². The third kappa shape index (κ3) is 2.54. The van der Waals surface area contributed by atoms with Gasteiger partial charge in [0.15, 0.2) is 0 Å². The van der Waals surface area contributed by atoms with Crippen molar-refractivity contribution >= 4 is 17.7 Å². The van der Waals surface area contributed by atoms with Crippen molar-refractivity contribution < 1.29 is 4.79 Å². The minimum absolute atomic E-state index is 0.0694. The summed E-state index contributed by atoms with van der Waals surface area (Å²) < 4.78 is 0. The first kappa shape index (κ1) is 12.1. The molecule has 3 rings (SSSR count). The molecule has 0 spiro atoms. The highest BCUT2D eigenvalue weighted by Crippen LogP contribution is 2.36. The summed E-state index contributed by atoms with van der Waals surface area (Å²) in [5, 5.41) is 3.35. The van der Waals surface area contributed by atoms with Gasteiger partial charge in [0.1, 0.15) is 0 Å². The second-order valence-electron chi connectivity index (χ2n) is 5.12. The smallest absolute Gasteiger partial charge is 0.230 e. The van der Waals surface area contributed by atoms with Crippen molar-refractivity contribution in [3.63, 3.8) is 0 Å². The third-order valence-electron chi connectivity index (χ3n) is 3.61. The Kier molecular flexibility index (Phi) is 3.31. The SMILES string of the molecule is NC1c2ccccc2CC1SCC(=O)NC1CC1. The van der Waals surface area contributed by atoms with Crippen LogP contribution < -0.4 is 11.1 Å². The zero-order valence-electron chi connectivity index (χ0n) is 10.3. The Bertz CT molecular complexity index is 459. The molecule has 2 aliphatic carbocycles. The number of hydrogen-bond acceptors (Lipinski definition) is 3. The van der Waals surface area contributed by atoms with Crippen LogP contribution in [0.15, 0.2) is 24.3 Å². The van der Waals surface area contributed by atoms with Gasteiger partial charge in [0, 0.05) is 17.3 Å². The molecule has 0 aromatic heterocycles. The lowest BCUT2D eigenvalue weighted by Crippen LogP contribution is -2.29. The van der Waals surface area contributed by atoms with E-state index in [1.165, 1.54) is 11.1 Å². The number of rotatable bonds is 4. The fraction of sp³-hybridized carbons (Fsp3) is 0.500. The summed E-state index contributed by atoms with van der Waals surface area (Å²) in [6.07, 6.45) is 3.27. The predicted octanol–water partition coefficient (Wildman–Crippen LogP) is 1.62. The van der Waals surface area contributed by atoms with E-state index in [9.17, 15) is 4.79 Å². The van der Waals surface area contributed by atoms with E-state index in [2.05, 4.69) is 23.5 Å². The van der Waals surface area contributed by atoms with Crippen molar-refractivity contribution in [2.45, 2.75) is 36.6 Å². The highest BCUT2D eigenvalue weighted by atomic mass is 32.2. The minimum Gasteiger partial charge on any atom is -0.353 e. The number of benzene rings is 1. The van der Waals surface area contributed by atoms with Crippen LogP contribution >= 0.6 is 11.8 Å². The molecule has 2 unspecified atom stereocenters. The number of nitrogens with two attached hydrogens (primary N) is 1. The number of amides is 1. The zero-order valence-corrected chi connectivity index (χ0v) is 11.1. The van der Waals surface area contributed by atoms with Crippen molar-refractivity contribution in [1.82, 2.24) is 5.32 Å². The van der Waals surface area contributed by atoms with Crippen LogP contribution in [0.25, 0.3) is 0 Å². The van der Waals surface area contributed by atoms with E-state index in [0.717, 1.165) is 19.3 Å². The summed E-state index contributed by atoms with van der Waals surface area (Å²) in [5.41, 5.74) is 8.82. The van der Waals surface area contributed by atoms with Crippen LogP contribution in [0.4, 0.5) is 0 Å². The highest BCUT2D eigenvalue weighted by Gasteiger charge is 2.30. The Hall–Kier alpha value is -1.00. The van der Waals surface area contributed by atoms with E-state index < -0.39 is 0 Å². The van der Waals surface area contributed by atoms with Crippen molar-refractivity contribution in [3.05, 3.63) is 35.4 Å². The summed E-state index contributed by atoms with van der Waals surface area (Å²) in [7, 11) is 0. The van der Waals surface area contributed by atoms with E-state index >= 15 is 0 Å². The van der Waals surface area contributed by atoms with E-state index in [1.54, 1.807) is 11.8 Å². The number of thioether (sulfide) groups is 1. The van der Waals surface area contributed by atoms with E-state index in [4.69, 9.17) is 5.73 Å². The lowest BCUT2D eigenvalue weighted by molar-refractivity contribution is -0.118. The van der Waals surface area contributed by atoms with E-state index in [1.807, 2.05) is 6.07 Å². The van der Waals surface area contributed by atoms with Crippen LogP contribution in [0.1, 0.15) is 30.0 Å². The molecule has 0 saturated heterocycles. The van der Waals surface area contributed by atoms with Crippen molar-refractivity contribution in [2.75, 3.05) is 5.75 Å². The second kappa shape index (κ2) is 4.94. The third-order valence-corrected chi connectivity index (χ3v) is 4.92. The normalized spacial score (nSPS) is 25.8. The number of fused-ring (bicyclic) bond motifs is 1. The zero-order chi connectivity index (χ0) is 12.5. The van der Waals surface area contributed by atoms with E-state index in [-0.39, 0.29) is 11.9 Å². The summed E-state index contributed by atoms with van der Waals surface area (Å²) in [5.74, 6) is 0.689. The minimum atomic E-state index is 0.0694. The largest absolute Gasteiger partial charge is 0.353 e. The molecule has 2 aliphatic rings. The molecule has 3 nitrogen and oxygen atoms in total. The predicted molar refractivity (Wildman–Crippen MR) is 74.5 cm³/mol. The second-order valence-corrected chi connectivity index (χ2v) is 6.35. The van der Waals surface area contributed by atoms with Gasteiger partial charge >= 0.3 is 0 Å². The van der Waals surface area contributed by atoms with Gasteiger partial charge in [-0.3, -0.25) is 4.79 Å². The molecule has 96 valence electrons. The molecule has 0 aliphatic heterocycles. The first-order valence-electron chi connectivity index (χ1n) is 6.48. The van der Waals surface area contributed by atoms with Crippen molar-refractivity contribution in [3.8, 4) is 0 Å². The summed E-state index contributed by atoms with van der Waals surface area (Å²) in [6, 6.07) is 8.85. The molecule has 1 aromatic carbocycles. The highest BCUT2D eigenvalue weighted by molar-refractivity contribution is 8.00. The first-order chi connectivity index (χ1) is 8.74. The fourth-order valence-electron chi connectivity index (χ4n) is 2.43. The summed E-state index contributed by atoms with van der Waals surface area (Å²) >= 11 is 1.69. The van der Waals surface area contributed by atoms with Gasteiger partial charge in [-0.15, -0.1) is 11.8 Å². The molecule has 1 aromatic rings. The Morgan fingerprint density at radius 3 is 2.89 bits per heavy atom. The van der Waals surface area contributed by atoms with Crippen LogP contribution in [0, 0.1) is 0 Å². The van der Waals surface area contributed by atoms with Gasteiger partial charge < -0.3 is 11.1 Å². The molecule has 2 atom stereocenters. The monoisotopic (exact) mass is 262 g/mol. The van der Waals surface area contributed by atoms with Gasteiger partial charge in [-0.2, -0.15) is 0 Å². The molecule has 18 heavy (non-hydrogen) atoms. The van der Waals surface area contributed by atoms with Crippen LogP contribution in [-0.2, 0) is 11.2 Å². The maximum absolute atomic E-state index is 11.7. The van der Waals surface area contributed by atoms with Gasteiger partial charge in [0.05, 0.1) is 5.75 Å². The average molecular weight is 262 g/mol. The fourth-order valence-corrected chi connectivity index (χ4v) is 3.53. The van der Waals surface area contributed by atoms with Crippen molar-refractivity contribution in [2.24, 2.45) is 5.73 Å². The van der Waals surface area contributed by atoms with Crippen LogP contribution in [0.5, 0.6) is 0 Å². The molecule has 1 saturated carbocycles. The molecule has 4 heteroatoms. The lowest BCUT2D eigenvalue weighted by atomic mass is 10.1. The number of carbonyl (C=O) groups excluding carboxylic acids is 1. The van der Waals surface area contributed by atoms with Crippen LogP contribution in [0.3, 0.4) is 0 Å². The number of hydrogen-bond donors (Lipinski definition) is 2. The maximum Gasteiger partial charge on any atom is 0.230 e. The lowest BCUT2D eigenvalue weighted by Gasteiger charge is -2.15. The Morgan fingerprint density at radius 1 is 1.39 bits per heavy atom. The Morgan fingerprint density at radius 2 is 2.17 bits per heavy atom. The number of nitrogens with one attached hydrogen (secondary N) is 1.